The van der Waals surface area contributed by atoms with Crippen LogP contribution in [-0.4, -0.2) is 73.0 Å². The highest BCUT2D eigenvalue weighted by molar-refractivity contribution is 6.05. The van der Waals surface area contributed by atoms with Crippen LogP contribution in [0.1, 0.15) is 21.5 Å². The Morgan fingerprint density at radius 3 is 2.79 bits per heavy atom. The normalized spacial score (nSPS) is 18.2. The highest BCUT2D eigenvalue weighted by atomic mass is 19.1. The van der Waals surface area contributed by atoms with Crippen LogP contribution in [0.4, 0.5) is 15.8 Å². The van der Waals surface area contributed by atoms with Crippen LogP contribution in [0.2, 0.25) is 0 Å². The quantitative estimate of drug-likeness (QED) is 0.509. The molecule has 2 aliphatic heterocycles. The molecule has 0 aromatic heterocycles. The van der Waals surface area contributed by atoms with Gasteiger partial charge < -0.3 is 30.3 Å². The number of nitrogens with zero attached hydrogens (tertiary/aromatic N) is 2. The number of aliphatic hydroxyl groups is 1. The van der Waals surface area contributed by atoms with Gasteiger partial charge in [-0.05, 0) is 42.0 Å². The Morgan fingerprint density at radius 1 is 1.29 bits per heavy atom. The molecule has 0 spiro atoms. The van der Waals surface area contributed by atoms with E-state index in [1.54, 1.807) is 18.2 Å². The van der Waals surface area contributed by atoms with E-state index in [1.165, 1.54) is 36.0 Å². The molecular weight excluding hydrogens is 445 g/mol. The van der Waals surface area contributed by atoms with Gasteiger partial charge in [0.05, 0.1) is 12.2 Å². The fourth-order valence-electron chi connectivity index (χ4n) is 3.87. The van der Waals surface area contributed by atoms with E-state index in [4.69, 9.17) is 10.1 Å². The number of benzene rings is 2. The zero-order valence-electron chi connectivity index (χ0n) is 18.6. The summed E-state index contributed by atoms with van der Waals surface area (Å²) in [5.41, 5.74) is 2.02. The van der Waals surface area contributed by atoms with E-state index in [0.29, 0.717) is 18.1 Å². The molecule has 178 valence electrons. The van der Waals surface area contributed by atoms with E-state index in [1.807, 2.05) is 0 Å². The van der Waals surface area contributed by atoms with Crippen LogP contribution in [0, 0.1) is 11.2 Å². The second kappa shape index (κ2) is 9.20. The van der Waals surface area contributed by atoms with E-state index in [0.717, 1.165) is 17.2 Å². The summed E-state index contributed by atoms with van der Waals surface area (Å²) in [5, 5.41) is 23.8. The third kappa shape index (κ3) is 4.35. The van der Waals surface area contributed by atoms with Crippen LogP contribution in [0.3, 0.4) is 0 Å². The molecule has 1 saturated heterocycles. The summed E-state index contributed by atoms with van der Waals surface area (Å²) in [4.78, 5) is 40.4. The van der Waals surface area contributed by atoms with Crippen LogP contribution in [0.15, 0.2) is 36.4 Å². The van der Waals surface area contributed by atoms with Gasteiger partial charge in [0.2, 0.25) is 0 Å². The maximum Gasteiger partial charge on any atom is 0.259 e. The molecule has 2 aromatic carbocycles. The molecular formula is C23H24FN5O5. The Balaban J connectivity index is 1.49. The van der Waals surface area contributed by atoms with E-state index in [2.05, 4.69) is 10.6 Å². The zero-order chi connectivity index (χ0) is 24.6. The minimum Gasteiger partial charge on any atom is -0.380 e. The Kier molecular flexibility index (Phi) is 6.31. The zero-order valence-corrected chi connectivity index (χ0v) is 18.6. The van der Waals surface area contributed by atoms with E-state index < -0.39 is 35.7 Å². The minimum atomic E-state index is -1.80. The molecule has 2 atom stereocenters. The largest absolute Gasteiger partial charge is 0.380 e. The number of carbonyl (C=O) groups excluding carboxylic acids is 3. The van der Waals surface area contributed by atoms with Crippen LogP contribution in [0.5, 0.6) is 0 Å². The van der Waals surface area contributed by atoms with Gasteiger partial charge in [0.1, 0.15) is 11.7 Å². The maximum absolute atomic E-state index is 14.2. The van der Waals surface area contributed by atoms with Gasteiger partial charge in [-0.2, -0.15) is 0 Å². The average molecular weight is 469 g/mol. The van der Waals surface area contributed by atoms with Crippen molar-refractivity contribution >= 4 is 34.9 Å². The molecule has 2 aromatic rings. The van der Waals surface area contributed by atoms with Crippen molar-refractivity contribution in [1.82, 2.24) is 10.2 Å². The number of nitrogens with one attached hydrogen (secondary N) is 3. The molecule has 11 heteroatoms. The molecule has 4 rings (SSSR count). The van der Waals surface area contributed by atoms with Gasteiger partial charge in [0.15, 0.2) is 12.2 Å². The van der Waals surface area contributed by atoms with Crippen LogP contribution in [-0.2, 0) is 20.9 Å². The number of hydrogen-bond acceptors (Lipinski definition) is 6. The summed E-state index contributed by atoms with van der Waals surface area (Å²) in [6, 6.07) is 8.68. The Morgan fingerprint density at radius 2 is 2.06 bits per heavy atom. The van der Waals surface area contributed by atoms with Crippen molar-refractivity contribution in [2.24, 2.45) is 0 Å². The molecule has 0 saturated carbocycles. The molecule has 0 aliphatic carbocycles. The number of amidine groups is 1. The molecule has 3 amide bonds. The first-order valence-corrected chi connectivity index (χ1v) is 10.6. The lowest BCUT2D eigenvalue weighted by molar-refractivity contribution is -0.150. The van der Waals surface area contributed by atoms with Crippen molar-refractivity contribution in [3.63, 3.8) is 0 Å². The lowest BCUT2D eigenvalue weighted by Gasteiger charge is -2.34. The predicted molar refractivity (Wildman–Crippen MR) is 121 cm³/mol. The summed E-state index contributed by atoms with van der Waals surface area (Å²) < 4.78 is 19.6. The van der Waals surface area contributed by atoms with Gasteiger partial charge in [-0.3, -0.25) is 19.8 Å². The second-order valence-electron chi connectivity index (χ2n) is 8.18. The summed E-state index contributed by atoms with van der Waals surface area (Å²) in [5.74, 6) is -2.50. The van der Waals surface area contributed by atoms with Gasteiger partial charge in [-0.15, -0.1) is 0 Å². The Hall–Kier alpha value is -3.83. The SMILES string of the molecule is CN(C)C(=O)c1cc(N2CCO[C@H]([C@@H](O)C(=O)Nc3ccc4c(c3)CNC4=N)C2=O)ccc1F. The fraction of sp³-hybridized carbons (Fsp3) is 0.304. The standard InChI is InChI=1S/C23H24FN5O5/c1-28(2)22(32)16-10-14(4-6-17(16)24)29-7-8-34-19(23(29)33)18(30)21(31)27-13-3-5-15-12(9-13)11-26-20(15)25/h3-6,9-10,18-19,30H,7-8,11H2,1-2H3,(H2,25,26)(H,27,31)/t18-,19-/m1/s1. The number of amides is 3. The van der Waals surface area contributed by atoms with E-state index in [-0.39, 0.29) is 24.4 Å². The van der Waals surface area contributed by atoms with Crippen LogP contribution in [0.25, 0.3) is 0 Å². The summed E-state index contributed by atoms with van der Waals surface area (Å²) in [6.07, 6.45) is -3.28. The van der Waals surface area contributed by atoms with E-state index >= 15 is 0 Å². The van der Waals surface area contributed by atoms with Crippen LogP contribution < -0.4 is 15.5 Å². The first-order valence-electron chi connectivity index (χ1n) is 10.6. The average Bonchev–Trinajstić information content (AvgIpc) is 3.18. The van der Waals surface area contributed by atoms with Crippen molar-refractivity contribution in [3.8, 4) is 0 Å². The highest BCUT2D eigenvalue weighted by Crippen LogP contribution is 2.25. The second-order valence-corrected chi connectivity index (χ2v) is 8.18. The van der Waals surface area contributed by atoms with Crippen molar-refractivity contribution in [1.29, 1.82) is 5.41 Å². The van der Waals surface area contributed by atoms with E-state index in [9.17, 15) is 23.9 Å². The lowest BCUT2D eigenvalue weighted by Crippen LogP contribution is -2.55. The molecule has 34 heavy (non-hydrogen) atoms. The monoisotopic (exact) mass is 469 g/mol. The molecule has 2 aliphatic rings. The minimum absolute atomic E-state index is 0.0295. The summed E-state index contributed by atoms with van der Waals surface area (Å²) in [7, 11) is 2.97. The smallest absolute Gasteiger partial charge is 0.259 e. The molecule has 2 heterocycles. The Labute approximate surface area is 194 Å². The van der Waals surface area contributed by atoms with Gasteiger partial charge in [0, 0.05) is 44.1 Å². The maximum atomic E-state index is 14.2. The number of halogens is 1. The van der Waals surface area contributed by atoms with Crippen LogP contribution >= 0.6 is 0 Å². The third-order valence-electron chi connectivity index (χ3n) is 5.67. The van der Waals surface area contributed by atoms with Gasteiger partial charge in [0.25, 0.3) is 17.7 Å². The molecule has 0 unspecified atom stereocenters. The number of morpholine rings is 1. The van der Waals surface area contributed by atoms with Crippen molar-refractivity contribution in [2.45, 2.75) is 18.8 Å². The summed E-state index contributed by atoms with van der Waals surface area (Å²) in [6.45, 7) is 0.589. The van der Waals surface area contributed by atoms with Gasteiger partial charge >= 0.3 is 0 Å². The van der Waals surface area contributed by atoms with Crippen molar-refractivity contribution in [2.75, 3.05) is 37.5 Å². The number of ether oxygens (including phenoxy) is 1. The summed E-state index contributed by atoms with van der Waals surface area (Å²) >= 11 is 0. The number of anilines is 2. The van der Waals surface area contributed by atoms with Gasteiger partial charge in [-0.1, -0.05) is 0 Å². The fourth-order valence-corrected chi connectivity index (χ4v) is 3.87. The molecule has 1 fully saturated rings. The number of rotatable bonds is 5. The van der Waals surface area contributed by atoms with Gasteiger partial charge in [-0.25, -0.2) is 4.39 Å². The number of aliphatic hydroxyl groups excluding tert-OH is 1. The van der Waals surface area contributed by atoms with Crippen molar-refractivity contribution in [3.05, 3.63) is 58.9 Å². The number of hydrogen-bond donors (Lipinski definition) is 4. The Bertz CT molecular complexity index is 1180. The highest BCUT2D eigenvalue weighted by Gasteiger charge is 2.39. The number of carbonyl (C=O) groups is 3. The first kappa shape index (κ1) is 23.3. The molecule has 0 bridgehead atoms. The number of fused-ring (bicyclic) bond motifs is 1. The third-order valence-corrected chi connectivity index (χ3v) is 5.67. The lowest BCUT2D eigenvalue weighted by atomic mass is 10.1. The molecule has 0 radical (unpaired) electrons. The predicted octanol–water partition coefficient (Wildman–Crippen LogP) is 0.687. The first-order chi connectivity index (χ1) is 16.2. The van der Waals surface area contributed by atoms with Crippen molar-refractivity contribution < 1.29 is 28.6 Å². The topological polar surface area (TPSA) is 135 Å². The molecule has 4 N–H and O–H groups in total. The molecule has 10 nitrogen and oxygen atoms in total.